The number of carbonyl (C=O) groups is 2. The lowest BCUT2D eigenvalue weighted by Crippen LogP contribution is -2.29. The summed E-state index contributed by atoms with van der Waals surface area (Å²) >= 11 is 12.6. The van der Waals surface area contributed by atoms with Crippen LogP contribution in [0.4, 0.5) is 5.69 Å². The number of methoxy groups -OCH3 is 1. The van der Waals surface area contributed by atoms with Crippen molar-refractivity contribution in [3.05, 3.63) is 93.0 Å². The second-order valence-electron chi connectivity index (χ2n) is 9.26. The summed E-state index contributed by atoms with van der Waals surface area (Å²) in [5.74, 6) is -0.818. The quantitative estimate of drug-likeness (QED) is 0.199. The standard InChI is InChI=1S/C29H27Cl2NO5/c1-16(2)15-37-21-7-5-6-18(12-21)25-24(26(33)19-13-22(30)28(36-4)23(31)14-19)27(34)29(35)32(25)20-10-8-17(3)9-11-20/h5-14,16,25,33H,15H2,1-4H3/b26-24+. The molecule has 0 saturated carbocycles. The van der Waals surface area contributed by atoms with Crippen molar-refractivity contribution in [2.24, 2.45) is 5.92 Å². The number of benzene rings is 3. The summed E-state index contributed by atoms with van der Waals surface area (Å²) < 4.78 is 11.1. The summed E-state index contributed by atoms with van der Waals surface area (Å²) in [6.07, 6.45) is 0. The summed E-state index contributed by atoms with van der Waals surface area (Å²) in [5.41, 5.74) is 2.24. The van der Waals surface area contributed by atoms with E-state index in [1.54, 1.807) is 30.3 Å². The first-order valence-corrected chi connectivity index (χ1v) is 12.5. The van der Waals surface area contributed by atoms with Gasteiger partial charge in [-0.15, -0.1) is 0 Å². The molecule has 0 spiro atoms. The number of hydrogen-bond acceptors (Lipinski definition) is 5. The highest BCUT2D eigenvalue weighted by molar-refractivity contribution is 6.51. The molecule has 8 heteroatoms. The van der Waals surface area contributed by atoms with Crippen molar-refractivity contribution in [3.63, 3.8) is 0 Å². The van der Waals surface area contributed by atoms with Crippen molar-refractivity contribution < 1.29 is 24.2 Å². The zero-order valence-electron chi connectivity index (χ0n) is 20.9. The van der Waals surface area contributed by atoms with Crippen molar-refractivity contribution in [2.45, 2.75) is 26.8 Å². The predicted octanol–water partition coefficient (Wildman–Crippen LogP) is 6.97. The minimum absolute atomic E-state index is 0.0797. The minimum Gasteiger partial charge on any atom is -0.507 e. The number of aliphatic hydroxyl groups excluding tert-OH is 1. The van der Waals surface area contributed by atoms with Crippen LogP contribution < -0.4 is 14.4 Å². The van der Waals surface area contributed by atoms with Crippen LogP contribution >= 0.6 is 23.2 Å². The van der Waals surface area contributed by atoms with Crippen LogP contribution in [0.2, 0.25) is 10.0 Å². The van der Waals surface area contributed by atoms with Gasteiger partial charge >= 0.3 is 0 Å². The van der Waals surface area contributed by atoms with Gasteiger partial charge in [-0.3, -0.25) is 14.5 Å². The van der Waals surface area contributed by atoms with E-state index in [2.05, 4.69) is 0 Å². The molecule has 1 unspecified atom stereocenters. The number of halogens is 2. The molecular weight excluding hydrogens is 513 g/mol. The first-order valence-electron chi connectivity index (χ1n) is 11.8. The Hall–Kier alpha value is -3.48. The Kier molecular flexibility index (Phi) is 7.81. The average molecular weight is 540 g/mol. The van der Waals surface area contributed by atoms with Crippen molar-refractivity contribution in [2.75, 3.05) is 18.6 Å². The molecule has 192 valence electrons. The third-order valence-electron chi connectivity index (χ3n) is 5.99. The molecule has 37 heavy (non-hydrogen) atoms. The molecule has 0 bridgehead atoms. The zero-order chi connectivity index (χ0) is 26.9. The van der Waals surface area contributed by atoms with Gasteiger partial charge in [-0.1, -0.05) is 66.9 Å². The van der Waals surface area contributed by atoms with E-state index in [1.807, 2.05) is 39.0 Å². The van der Waals surface area contributed by atoms with Gasteiger partial charge in [0.25, 0.3) is 11.7 Å². The Bertz CT molecular complexity index is 1360. The van der Waals surface area contributed by atoms with Gasteiger partial charge in [0.2, 0.25) is 0 Å². The Morgan fingerprint density at radius 1 is 1.03 bits per heavy atom. The van der Waals surface area contributed by atoms with Gasteiger partial charge in [-0.05, 0) is 54.8 Å². The number of carbonyl (C=O) groups excluding carboxylic acids is 2. The Morgan fingerprint density at radius 3 is 2.27 bits per heavy atom. The number of ketones is 1. The van der Waals surface area contributed by atoms with Crippen LogP contribution in [0.15, 0.2) is 66.2 Å². The largest absolute Gasteiger partial charge is 0.507 e. The first-order chi connectivity index (χ1) is 17.6. The number of rotatable bonds is 7. The zero-order valence-corrected chi connectivity index (χ0v) is 22.4. The molecular formula is C29H27Cl2NO5. The van der Waals surface area contributed by atoms with Crippen LogP contribution in [0.5, 0.6) is 11.5 Å². The second-order valence-corrected chi connectivity index (χ2v) is 10.1. The Morgan fingerprint density at radius 2 is 1.68 bits per heavy atom. The maximum Gasteiger partial charge on any atom is 0.300 e. The molecule has 0 aliphatic carbocycles. The summed E-state index contributed by atoms with van der Waals surface area (Å²) in [6, 6.07) is 16.4. The van der Waals surface area contributed by atoms with E-state index in [0.717, 1.165) is 5.56 Å². The molecule has 1 heterocycles. The Balaban J connectivity index is 1.92. The molecule has 6 nitrogen and oxygen atoms in total. The van der Waals surface area contributed by atoms with Crippen molar-refractivity contribution in [1.29, 1.82) is 0 Å². The summed E-state index contributed by atoms with van der Waals surface area (Å²) in [6.45, 7) is 6.52. The number of aryl methyl sites for hydroxylation is 1. The number of aliphatic hydroxyl groups is 1. The van der Waals surface area contributed by atoms with Crippen molar-refractivity contribution >= 4 is 46.3 Å². The molecule has 1 saturated heterocycles. The van der Waals surface area contributed by atoms with E-state index in [-0.39, 0.29) is 26.9 Å². The molecule has 1 atom stereocenters. The fraction of sp³-hybridized carbons (Fsp3) is 0.241. The topological polar surface area (TPSA) is 76.1 Å². The number of nitrogens with zero attached hydrogens (tertiary/aromatic N) is 1. The van der Waals surface area contributed by atoms with Crippen LogP contribution in [-0.2, 0) is 9.59 Å². The molecule has 1 aliphatic heterocycles. The van der Waals surface area contributed by atoms with E-state index in [4.69, 9.17) is 32.7 Å². The van der Waals surface area contributed by atoms with Gasteiger partial charge < -0.3 is 14.6 Å². The molecule has 3 aromatic rings. The number of ether oxygens (including phenoxy) is 2. The Labute approximate surface area is 226 Å². The maximum absolute atomic E-state index is 13.4. The summed E-state index contributed by atoms with van der Waals surface area (Å²) in [7, 11) is 1.42. The van der Waals surface area contributed by atoms with Crippen LogP contribution in [0, 0.1) is 12.8 Å². The highest BCUT2D eigenvalue weighted by Gasteiger charge is 2.47. The molecule has 1 amide bonds. The van der Waals surface area contributed by atoms with Crippen molar-refractivity contribution in [3.8, 4) is 11.5 Å². The van der Waals surface area contributed by atoms with Crippen LogP contribution in [-0.4, -0.2) is 30.5 Å². The highest BCUT2D eigenvalue weighted by atomic mass is 35.5. The SMILES string of the molecule is COc1c(Cl)cc(/C(O)=C2\C(=O)C(=O)N(c3ccc(C)cc3)C2c2cccc(OCC(C)C)c2)cc1Cl. The fourth-order valence-electron chi connectivity index (χ4n) is 4.20. The van der Waals surface area contributed by atoms with E-state index < -0.39 is 23.5 Å². The number of hydrogen-bond donors (Lipinski definition) is 1. The third-order valence-corrected chi connectivity index (χ3v) is 6.55. The van der Waals surface area contributed by atoms with Gasteiger partial charge in [-0.25, -0.2) is 0 Å². The van der Waals surface area contributed by atoms with Gasteiger partial charge in [0.1, 0.15) is 11.5 Å². The van der Waals surface area contributed by atoms with Gasteiger partial charge in [0.15, 0.2) is 5.75 Å². The lowest BCUT2D eigenvalue weighted by atomic mass is 9.95. The first kappa shape index (κ1) is 26.6. The van der Waals surface area contributed by atoms with Gasteiger partial charge in [0.05, 0.1) is 35.4 Å². The average Bonchev–Trinajstić information content (AvgIpc) is 3.13. The summed E-state index contributed by atoms with van der Waals surface area (Å²) in [5, 5.41) is 11.7. The molecule has 3 aromatic carbocycles. The summed E-state index contributed by atoms with van der Waals surface area (Å²) in [4.78, 5) is 28.2. The van der Waals surface area contributed by atoms with Gasteiger partial charge in [-0.2, -0.15) is 0 Å². The molecule has 0 aromatic heterocycles. The maximum atomic E-state index is 13.4. The van der Waals surface area contributed by atoms with Crippen molar-refractivity contribution in [1.82, 2.24) is 0 Å². The second kappa shape index (κ2) is 10.9. The molecule has 1 N–H and O–H groups in total. The smallest absolute Gasteiger partial charge is 0.300 e. The monoisotopic (exact) mass is 539 g/mol. The fourth-order valence-corrected chi connectivity index (χ4v) is 4.85. The predicted molar refractivity (Wildman–Crippen MR) is 146 cm³/mol. The lowest BCUT2D eigenvalue weighted by Gasteiger charge is -2.26. The van der Waals surface area contributed by atoms with Crippen LogP contribution in [0.1, 0.15) is 36.6 Å². The normalized spacial score (nSPS) is 16.9. The lowest BCUT2D eigenvalue weighted by molar-refractivity contribution is -0.132. The molecule has 4 rings (SSSR count). The highest BCUT2D eigenvalue weighted by Crippen LogP contribution is 2.44. The van der Waals surface area contributed by atoms with E-state index >= 15 is 0 Å². The number of amides is 1. The van der Waals surface area contributed by atoms with E-state index in [0.29, 0.717) is 29.5 Å². The van der Waals surface area contributed by atoms with Gasteiger partial charge in [0, 0.05) is 11.3 Å². The number of Topliss-reactive ketones (excluding diaryl/α,β-unsaturated/α-hetero) is 1. The van der Waals surface area contributed by atoms with E-state index in [9.17, 15) is 14.7 Å². The number of anilines is 1. The third kappa shape index (κ3) is 5.31. The molecule has 1 aliphatic rings. The van der Waals surface area contributed by atoms with Crippen LogP contribution in [0.25, 0.3) is 5.76 Å². The van der Waals surface area contributed by atoms with Crippen LogP contribution in [0.3, 0.4) is 0 Å². The molecule has 1 fully saturated rings. The van der Waals surface area contributed by atoms with E-state index in [1.165, 1.54) is 24.1 Å². The molecule has 0 radical (unpaired) electrons. The minimum atomic E-state index is -0.912.